The number of imide groups is 1. The third-order valence-corrected chi connectivity index (χ3v) is 4.57. The summed E-state index contributed by atoms with van der Waals surface area (Å²) in [5.41, 5.74) is 3.76. The third kappa shape index (κ3) is 2.26. The second-order valence-electron chi connectivity index (χ2n) is 6.53. The number of hydrogen-bond acceptors (Lipinski definition) is 4. The predicted octanol–water partition coefficient (Wildman–Crippen LogP) is 2.42. The molecular weight excluding hydrogens is 318 g/mol. The fourth-order valence-electron chi connectivity index (χ4n) is 3.38. The van der Waals surface area contributed by atoms with E-state index >= 15 is 0 Å². The van der Waals surface area contributed by atoms with Crippen LogP contribution in [0.3, 0.4) is 0 Å². The minimum absolute atomic E-state index is 0.237. The summed E-state index contributed by atoms with van der Waals surface area (Å²) < 4.78 is 3.76. The average molecular weight is 337 g/mol. The molecule has 2 aromatic heterocycles. The number of carbonyl (C=O) groups excluding carboxylic acids is 2. The maximum atomic E-state index is 12.4. The zero-order valence-corrected chi connectivity index (χ0v) is 14.4. The average Bonchev–Trinajstić information content (AvgIpc) is 3.22. The lowest BCUT2D eigenvalue weighted by molar-refractivity contribution is 0.0648. The fraction of sp³-hybridized carbons (Fsp3) is 0.333. The number of hydrogen-bond donors (Lipinski definition) is 0. The van der Waals surface area contributed by atoms with Gasteiger partial charge in [0.1, 0.15) is 11.0 Å². The molecule has 1 aromatic carbocycles. The van der Waals surface area contributed by atoms with Gasteiger partial charge >= 0.3 is 0 Å². The van der Waals surface area contributed by atoms with Crippen molar-refractivity contribution in [1.82, 2.24) is 24.5 Å². The molecule has 7 heteroatoms. The standard InChI is InChI=1S/C18H19N5O2/c1-11(2)23-15-10-19-22(16(15)12(3)20-23)9-8-21-17(24)13-6-4-5-7-14(13)18(21)25/h4-7,10-11H,8-9H2,1-3H3. The van der Waals surface area contributed by atoms with E-state index in [9.17, 15) is 9.59 Å². The molecule has 0 fully saturated rings. The molecule has 128 valence electrons. The molecule has 4 rings (SSSR count). The molecule has 0 radical (unpaired) electrons. The first kappa shape index (κ1) is 15.6. The highest BCUT2D eigenvalue weighted by Crippen LogP contribution is 2.24. The molecule has 7 nitrogen and oxygen atoms in total. The Labute approximate surface area is 144 Å². The van der Waals surface area contributed by atoms with E-state index in [2.05, 4.69) is 24.0 Å². The highest BCUT2D eigenvalue weighted by Gasteiger charge is 2.34. The van der Waals surface area contributed by atoms with E-state index < -0.39 is 0 Å². The van der Waals surface area contributed by atoms with Crippen LogP contribution >= 0.6 is 0 Å². The summed E-state index contributed by atoms with van der Waals surface area (Å²) in [5.74, 6) is -0.475. The normalized spacial score (nSPS) is 14.2. The lowest BCUT2D eigenvalue weighted by atomic mass is 10.1. The lowest BCUT2D eigenvalue weighted by Gasteiger charge is -2.13. The molecule has 1 aliphatic rings. The molecule has 0 aliphatic carbocycles. The minimum Gasteiger partial charge on any atom is -0.272 e. The number of fused-ring (bicyclic) bond motifs is 2. The van der Waals surface area contributed by atoms with Gasteiger partial charge in [0.15, 0.2) is 0 Å². The number of amides is 2. The van der Waals surface area contributed by atoms with Crippen molar-refractivity contribution in [3.05, 3.63) is 47.3 Å². The molecule has 0 atom stereocenters. The lowest BCUT2D eigenvalue weighted by Crippen LogP contribution is -2.33. The molecule has 3 heterocycles. The van der Waals surface area contributed by atoms with Crippen molar-refractivity contribution in [3.8, 4) is 0 Å². The van der Waals surface area contributed by atoms with Crippen molar-refractivity contribution >= 4 is 22.8 Å². The van der Waals surface area contributed by atoms with Gasteiger partial charge in [-0.1, -0.05) is 12.1 Å². The smallest absolute Gasteiger partial charge is 0.261 e. The molecule has 25 heavy (non-hydrogen) atoms. The van der Waals surface area contributed by atoms with Gasteiger partial charge in [-0.25, -0.2) is 0 Å². The number of rotatable bonds is 4. The Balaban J connectivity index is 1.60. The van der Waals surface area contributed by atoms with E-state index in [1.54, 1.807) is 30.5 Å². The monoisotopic (exact) mass is 337 g/mol. The molecule has 3 aromatic rings. The van der Waals surface area contributed by atoms with Gasteiger partial charge in [0.05, 0.1) is 29.6 Å². The maximum absolute atomic E-state index is 12.4. The zero-order chi connectivity index (χ0) is 17.7. The number of nitrogens with zero attached hydrogens (tertiary/aromatic N) is 5. The molecule has 0 N–H and O–H groups in total. The number of benzene rings is 1. The van der Waals surface area contributed by atoms with Crippen molar-refractivity contribution in [3.63, 3.8) is 0 Å². The number of carbonyl (C=O) groups is 2. The Morgan fingerprint density at radius 1 is 1.04 bits per heavy atom. The summed E-state index contributed by atoms with van der Waals surface area (Å²) >= 11 is 0. The summed E-state index contributed by atoms with van der Waals surface area (Å²) in [6.07, 6.45) is 1.79. The van der Waals surface area contributed by atoms with Crippen LogP contribution in [0.5, 0.6) is 0 Å². The second-order valence-corrected chi connectivity index (χ2v) is 6.53. The molecular formula is C18H19N5O2. The van der Waals surface area contributed by atoms with E-state index in [1.807, 2.05) is 16.3 Å². The van der Waals surface area contributed by atoms with Crippen molar-refractivity contribution in [2.45, 2.75) is 33.4 Å². The van der Waals surface area contributed by atoms with Gasteiger partial charge in [-0.05, 0) is 32.9 Å². The van der Waals surface area contributed by atoms with Gasteiger partial charge in [-0.3, -0.25) is 23.9 Å². The summed E-state index contributed by atoms with van der Waals surface area (Å²) in [4.78, 5) is 26.2. The van der Waals surface area contributed by atoms with E-state index in [1.165, 1.54) is 4.90 Å². The van der Waals surface area contributed by atoms with Gasteiger partial charge in [-0.15, -0.1) is 0 Å². The van der Waals surface area contributed by atoms with E-state index in [-0.39, 0.29) is 24.4 Å². The number of aryl methyl sites for hydroxylation is 1. The van der Waals surface area contributed by atoms with Gasteiger partial charge in [0.2, 0.25) is 0 Å². The van der Waals surface area contributed by atoms with Gasteiger partial charge in [-0.2, -0.15) is 10.2 Å². The van der Waals surface area contributed by atoms with Crippen LogP contribution in [0.4, 0.5) is 0 Å². The van der Waals surface area contributed by atoms with Crippen LogP contribution < -0.4 is 0 Å². The first-order valence-corrected chi connectivity index (χ1v) is 8.35. The Morgan fingerprint density at radius 3 is 2.28 bits per heavy atom. The van der Waals surface area contributed by atoms with E-state index in [4.69, 9.17) is 0 Å². The fourth-order valence-corrected chi connectivity index (χ4v) is 3.38. The molecule has 0 bridgehead atoms. The Morgan fingerprint density at radius 2 is 1.68 bits per heavy atom. The van der Waals surface area contributed by atoms with E-state index in [0.29, 0.717) is 17.7 Å². The second kappa shape index (κ2) is 5.54. The molecule has 2 amide bonds. The van der Waals surface area contributed by atoms with Crippen molar-refractivity contribution in [2.24, 2.45) is 0 Å². The van der Waals surface area contributed by atoms with Crippen LogP contribution in [-0.2, 0) is 6.54 Å². The first-order valence-electron chi connectivity index (χ1n) is 8.35. The van der Waals surface area contributed by atoms with Gasteiger partial charge in [0.25, 0.3) is 11.8 Å². The molecule has 0 saturated heterocycles. The molecule has 0 unspecified atom stereocenters. The maximum Gasteiger partial charge on any atom is 0.261 e. The summed E-state index contributed by atoms with van der Waals surface area (Å²) in [6, 6.07) is 7.17. The SMILES string of the molecule is Cc1nn(C(C)C)c2cnn(CCN3C(=O)c4ccccc4C3=O)c12. The van der Waals surface area contributed by atoms with Crippen LogP contribution in [0.15, 0.2) is 30.5 Å². The predicted molar refractivity (Wildman–Crippen MR) is 92.4 cm³/mol. The van der Waals surface area contributed by atoms with Crippen molar-refractivity contribution in [2.75, 3.05) is 6.54 Å². The highest BCUT2D eigenvalue weighted by atomic mass is 16.2. The molecule has 0 spiro atoms. The topological polar surface area (TPSA) is 73.0 Å². The molecule has 0 saturated carbocycles. The molecule has 1 aliphatic heterocycles. The third-order valence-electron chi connectivity index (χ3n) is 4.57. The van der Waals surface area contributed by atoms with Crippen LogP contribution in [0.25, 0.3) is 11.0 Å². The van der Waals surface area contributed by atoms with E-state index in [0.717, 1.165) is 16.7 Å². The van der Waals surface area contributed by atoms with Crippen molar-refractivity contribution < 1.29 is 9.59 Å². The van der Waals surface area contributed by atoms with Gasteiger partial charge in [0, 0.05) is 12.6 Å². The van der Waals surface area contributed by atoms with Gasteiger partial charge < -0.3 is 0 Å². The Bertz CT molecular complexity index is 963. The zero-order valence-electron chi connectivity index (χ0n) is 14.4. The summed E-state index contributed by atoms with van der Waals surface area (Å²) in [6.45, 7) is 6.82. The van der Waals surface area contributed by atoms with Crippen molar-refractivity contribution in [1.29, 1.82) is 0 Å². The van der Waals surface area contributed by atoms with Crippen LogP contribution in [0.2, 0.25) is 0 Å². The summed E-state index contributed by atoms with van der Waals surface area (Å²) in [5, 5.41) is 8.99. The Hall–Kier alpha value is -2.96. The first-order chi connectivity index (χ1) is 12.0. The van der Waals surface area contributed by atoms with Crippen LogP contribution in [0, 0.1) is 6.92 Å². The largest absolute Gasteiger partial charge is 0.272 e. The number of aromatic nitrogens is 4. The quantitative estimate of drug-likeness (QED) is 0.685. The van der Waals surface area contributed by atoms with Crippen LogP contribution in [0.1, 0.15) is 46.3 Å². The minimum atomic E-state index is -0.237. The summed E-state index contributed by atoms with van der Waals surface area (Å²) in [7, 11) is 0. The highest BCUT2D eigenvalue weighted by molar-refractivity contribution is 6.21. The Kier molecular flexibility index (Phi) is 3.45. The van der Waals surface area contributed by atoms with Crippen LogP contribution in [-0.4, -0.2) is 42.8 Å².